The van der Waals surface area contributed by atoms with Crippen molar-refractivity contribution >= 4 is 5.91 Å². The molecule has 1 fully saturated rings. The molecule has 1 heterocycles. The summed E-state index contributed by atoms with van der Waals surface area (Å²) in [5, 5.41) is 3.34. The van der Waals surface area contributed by atoms with Crippen LogP contribution in [0.25, 0.3) is 0 Å². The second kappa shape index (κ2) is 6.91. The number of carbonyl (C=O) groups is 1. The zero-order valence-corrected chi connectivity index (χ0v) is 13.7. The summed E-state index contributed by atoms with van der Waals surface area (Å²) >= 11 is 0. The molecule has 1 aliphatic heterocycles. The molecule has 2 rings (SSSR count). The Kier molecular flexibility index (Phi) is 5.34. The monoisotopic (exact) mass is 328 g/mol. The number of hydrogen-bond acceptors (Lipinski definition) is 2. The van der Waals surface area contributed by atoms with Gasteiger partial charge in [0.25, 0.3) is 0 Å². The van der Waals surface area contributed by atoms with Gasteiger partial charge in [-0.1, -0.05) is 25.1 Å². The third-order valence-electron chi connectivity index (χ3n) is 4.19. The molecule has 0 radical (unpaired) electrons. The van der Waals surface area contributed by atoms with Crippen LogP contribution in [0.4, 0.5) is 13.2 Å². The lowest BCUT2D eigenvalue weighted by Crippen LogP contribution is -2.55. The van der Waals surface area contributed by atoms with Crippen LogP contribution < -0.4 is 5.32 Å². The van der Waals surface area contributed by atoms with Gasteiger partial charge in [-0.2, -0.15) is 13.2 Å². The van der Waals surface area contributed by atoms with E-state index in [1.165, 1.54) is 12.1 Å². The van der Waals surface area contributed by atoms with Crippen molar-refractivity contribution in [2.24, 2.45) is 0 Å². The molecule has 0 unspecified atom stereocenters. The Morgan fingerprint density at radius 2 is 1.83 bits per heavy atom. The van der Waals surface area contributed by atoms with Gasteiger partial charge < -0.3 is 10.2 Å². The van der Waals surface area contributed by atoms with E-state index in [9.17, 15) is 18.0 Å². The first kappa shape index (κ1) is 17.8. The lowest BCUT2D eigenvalue weighted by atomic mass is 9.92. The van der Waals surface area contributed by atoms with Gasteiger partial charge >= 0.3 is 6.18 Å². The highest BCUT2D eigenvalue weighted by Crippen LogP contribution is 2.36. The van der Waals surface area contributed by atoms with Gasteiger partial charge in [-0.25, -0.2) is 0 Å². The van der Waals surface area contributed by atoms with Gasteiger partial charge in [0.1, 0.15) is 0 Å². The summed E-state index contributed by atoms with van der Waals surface area (Å²) in [4.78, 5) is 14.2. The molecular formula is C17H23F3N2O. The van der Waals surface area contributed by atoms with Crippen molar-refractivity contribution in [3.05, 3.63) is 35.4 Å². The van der Waals surface area contributed by atoms with Gasteiger partial charge in [0, 0.05) is 31.6 Å². The van der Waals surface area contributed by atoms with Crippen LogP contribution in [0.3, 0.4) is 0 Å². The number of benzene rings is 1. The van der Waals surface area contributed by atoms with Crippen LogP contribution in [0.15, 0.2) is 24.3 Å². The average Bonchev–Trinajstić information content (AvgIpc) is 2.45. The summed E-state index contributed by atoms with van der Waals surface area (Å²) in [5.41, 5.74) is -0.466. The molecule has 0 aliphatic carbocycles. The first-order valence-electron chi connectivity index (χ1n) is 7.88. The normalized spacial score (nSPS) is 23.7. The van der Waals surface area contributed by atoms with E-state index in [1.54, 1.807) is 17.9 Å². The zero-order valence-electron chi connectivity index (χ0n) is 13.7. The summed E-state index contributed by atoms with van der Waals surface area (Å²) in [5.74, 6) is -0.560. The van der Waals surface area contributed by atoms with Crippen molar-refractivity contribution < 1.29 is 18.0 Å². The minimum absolute atomic E-state index is 0.0883. The third-order valence-corrected chi connectivity index (χ3v) is 4.19. The number of rotatable bonds is 3. The first-order chi connectivity index (χ1) is 10.7. The molecule has 1 aromatic rings. The molecule has 3 nitrogen and oxygen atoms in total. The fourth-order valence-corrected chi connectivity index (χ4v) is 3.22. The molecule has 0 saturated carbocycles. The van der Waals surface area contributed by atoms with Crippen molar-refractivity contribution in [3.8, 4) is 0 Å². The van der Waals surface area contributed by atoms with Crippen LogP contribution in [0, 0.1) is 0 Å². The van der Waals surface area contributed by atoms with Crippen LogP contribution in [0.1, 0.15) is 44.2 Å². The Hall–Kier alpha value is -1.56. The second-order valence-electron chi connectivity index (χ2n) is 6.46. The lowest BCUT2D eigenvalue weighted by molar-refractivity contribution is -0.139. The minimum Gasteiger partial charge on any atom is -0.340 e. The van der Waals surface area contributed by atoms with Crippen LogP contribution in [-0.4, -0.2) is 36.0 Å². The minimum atomic E-state index is -4.40. The molecule has 23 heavy (non-hydrogen) atoms. The number of nitrogens with zero attached hydrogens (tertiary/aromatic N) is 1. The molecule has 0 aromatic heterocycles. The van der Waals surface area contributed by atoms with E-state index in [1.807, 2.05) is 13.8 Å². The van der Waals surface area contributed by atoms with E-state index < -0.39 is 17.7 Å². The van der Waals surface area contributed by atoms with Gasteiger partial charge in [-0.05, 0) is 31.4 Å². The van der Waals surface area contributed by atoms with Gasteiger partial charge in [-0.3, -0.25) is 4.79 Å². The van der Waals surface area contributed by atoms with Crippen LogP contribution >= 0.6 is 0 Å². The topological polar surface area (TPSA) is 32.3 Å². The van der Waals surface area contributed by atoms with Crippen LogP contribution in [-0.2, 0) is 11.0 Å². The molecule has 1 saturated heterocycles. The summed E-state index contributed by atoms with van der Waals surface area (Å²) in [6.07, 6.45) is -4.31. The van der Waals surface area contributed by atoms with Crippen molar-refractivity contribution in [1.29, 1.82) is 0 Å². The maximum Gasteiger partial charge on any atom is 0.416 e. The molecule has 128 valence electrons. The van der Waals surface area contributed by atoms with E-state index >= 15 is 0 Å². The molecule has 1 N–H and O–H groups in total. The number of halogens is 3. The second-order valence-corrected chi connectivity index (χ2v) is 6.46. The highest BCUT2D eigenvalue weighted by molar-refractivity contribution is 5.77. The molecule has 0 bridgehead atoms. The van der Waals surface area contributed by atoms with Gasteiger partial charge in [0.2, 0.25) is 5.91 Å². The largest absolute Gasteiger partial charge is 0.416 e. The molecule has 6 heteroatoms. The smallest absolute Gasteiger partial charge is 0.340 e. The summed E-state index contributed by atoms with van der Waals surface area (Å²) in [6, 6.07) is 5.89. The molecule has 3 atom stereocenters. The first-order valence-corrected chi connectivity index (χ1v) is 7.88. The van der Waals surface area contributed by atoms with E-state index in [2.05, 4.69) is 5.32 Å². The summed E-state index contributed by atoms with van der Waals surface area (Å²) < 4.78 is 39.3. The zero-order chi connectivity index (χ0) is 17.2. The Balaban J connectivity index is 2.10. The third kappa shape index (κ3) is 4.47. The predicted octanol–water partition coefficient (Wildman–Crippen LogP) is 3.41. The molecule has 1 aliphatic rings. The lowest BCUT2D eigenvalue weighted by Gasteiger charge is -2.36. The van der Waals surface area contributed by atoms with E-state index in [-0.39, 0.29) is 30.0 Å². The number of carbonyl (C=O) groups excluding carboxylic acids is 1. The van der Waals surface area contributed by atoms with E-state index in [0.29, 0.717) is 13.1 Å². The molecular weight excluding hydrogens is 305 g/mol. The fraction of sp³-hybridized carbons (Fsp3) is 0.588. The quantitative estimate of drug-likeness (QED) is 0.922. The van der Waals surface area contributed by atoms with E-state index in [0.717, 1.165) is 6.07 Å². The Morgan fingerprint density at radius 1 is 1.26 bits per heavy atom. The Morgan fingerprint density at radius 3 is 2.39 bits per heavy atom. The van der Waals surface area contributed by atoms with Gasteiger partial charge in [0.05, 0.1) is 5.56 Å². The maximum atomic E-state index is 13.1. The van der Waals surface area contributed by atoms with Crippen LogP contribution in [0.2, 0.25) is 0 Å². The summed E-state index contributed by atoms with van der Waals surface area (Å²) in [6.45, 7) is 6.86. The molecule has 0 spiro atoms. The van der Waals surface area contributed by atoms with E-state index in [4.69, 9.17) is 0 Å². The molecule has 1 amide bonds. The van der Waals surface area contributed by atoms with Crippen molar-refractivity contribution in [3.63, 3.8) is 0 Å². The highest BCUT2D eigenvalue weighted by Gasteiger charge is 2.35. The van der Waals surface area contributed by atoms with Crippen LogP contribution in [0.5, 0.6) is 0 Å². The van der Waals surface area contributed by atoms with Crippen molar-refractivity contribution in [2.45, 2.75) is 51.4 Å². The Bertz CT molecular complexity index is 549. The summed E-state index contributed by atoms with van der Waals surface area (Å²) in [7, 11) is 0. The maximum absolute atomic E-state index is 13.1. The number of amides is 1. The van der Waals surface area contributed by atoms with Crippen molar-refractivity contribution in [2.75, 3.05) is 13.1 Å². The van der Waals surface area contributed by atoms with Crippen molar-refractivity contribution in [1.82, 2.24) is 10.2 Å². The average molecular weight is 328 g/mol. The van der Waals surface area contributed by atoms with Gasteiger partial charge in [-0.15, -0.1) is 0 Å². The highest BCUT2D eigenvalue weighted by atomic mass is 19.4. The number of piperazine rings is 1. The standard InChI is InChI=1S/C17H23F3N2O/c1-11(14-6-4-5-7-15(14)17(18,19)20)8-16(23)22-9-12(2)21-13(3)10-22/h4-7,11-13,21H,8-10H2,1-3H3/t11-,12-,13+/m1/s1. The fourth-order valence-electron chi connectivity index (χ4n) is 3.22. The van der Waals surface area contributed by atoms with Gasteiger partial charge in [0.15, 0.2) is 0 Å². The SMILES string of the molecule is C[C@@H]1CN(C(=O)C[C@@H](C)c2ccccc2C(F)(F)F)C[C@H](C)N1. The number of hydrogen-bond donors (Lipinski definition) is 1. The predicted molar refractivity (Wildman–Crippen MR) is 83.1 cm³/mol. The number of nitrogens with one attached hydrogen (secondary N) is 1. The molecule has 1 aromatic carbocycles. The number of alkyl halides is 3. The Labute approximate surface area is 134 Å².